The van der Waals surface area contributed by atoms with Gasteiger partial charge in [-0.05, 0) is 78.8 Å². The Bertz CT molecular complexity index is 1430. The number of hydrogen-bond acceptors (Lipinski definition) is 7. The lowest BCUT2D eigenvalue weighted by molar-refractivity contribution is -0.385. The third-order valence-corrected chi connectivity index (χ3v) is 7.34. The van der Waals surface area contributed by atoms with Gasteiger partial charge in [0.2, 0.25) is 5.91 Å². The molecule has 5 rings (SSSR count). The summed E-state index contributed by atoms with van der Waals surface area (Å²) in [6, 6.07) is 15.2. The molecule has 0 bridgehead atoms. The first-order valence-electron chi connectivity index (χ1n) is 11.9. The molecule has 1 fully saturated rings. The summed E-state index contributed by atoms with van der Waals surface area (Å²) in [5.74, 6) is -0.605. The van der Waals surface area contributed by atoms with Crippen molar-refractivity contribution in [2.45, 2.75) is 37.2 Å². The molecule has 0 aromatic heterocycles. The standard InChI is InChI=1S/C27H26N4O6/c1-37-24-13-16(3-7-23(24)31(35)36)15-2-5-19-21(12-15)29-22-14-17(4-6-20(22)30-25(19)33)27(26(28)34)10-8-18(32)9-11-27/h2-7,12-14,18,29,32H,8-11H2,1H3,(H2,28,34)(H,30,33)/t18-,27+. The van der Waals surface area contributed by atoms with Gasteiger partial charge in [0, 0.05) is 6.07 Å². The van der Waals surface area contributed by atoms with E-state index in [-0.39, 0.29) is 17.3 Å². The summed E-state index contributed by atoms with van der Waals surface area (Å²) in [6.45, 7) is 0. The number of benzene rings is 3. The molecule has 10 heteroatoms. The van der Waals surface area contributed by atoms with Crippen LogP contribution in [0, 0.1) is 10.1 Å². The maximum absolute atomic E-state index is 13.0. The number of nitro groups is 1. The Labute approximate surface area is 212 Å². The second-order valence-electron chi connectivity index (χ2n) is 9.42. The smallest absolute Gasteiger partial charge is 0.310 e. The van der Waals surface area contributed by atoms with E-state index in [0.29, 0.717) is 53.9 Å². The summed E-state index contributed by atoms with van der Waals surface area (Å²) < 4.78 is 5.20. The minimum atomic E-state index is -0.897. The molecule has 0 unspecified atom stereocenters. The topological polar surface area (TPSA) is 157 Å². The van der Waals surface area contributed by atoms with Gasteiger partial charge in [-0.1, -0.05) is 12.1 Å². The van der Waals surface area contributed by atoms with E-state index in [4.69, 9.17) is 10.5 Å². The Morgan fingerprint density at radius 1 is 1.03 bits per heavy atom. The van der Waals surface area contributed by atoms with Crippen molar-refractivity contribution in [3.8, 4) is 16.9 Å². The lowest BCUT2D eigenvalue weighted by Gasteiger charge is -2.37. The minimum Gasteiger partial charge on any atom is -0.490 e. The van der Waals surface area contributed by atoms with Gasteiger partial charge in [0.15, 0.2) is 5.75 Å². The molecule has 2 aliphatic rings. The van der Waals surface area contributed by atoms with E-state index in [2.05, 4.69) is 10.6 Å². The normalized spacial score (nSPS) is 20.5. The van der Waals surface area contributed by atoms with Crippen LogP contribution >= 0.6 is 0 Å². The minimum absolute atomic E-state index is 0.132. The van der Waals surface area contributed by atoms with E-state index in [1.165, 1.54) is 13.2 Å². The molecule has 0 saturated heterocycles. The van der Waals surface area contributed by atoms with Crippen LogP contribution in [-0.2, 0) is 10.2 Å². The molecule has 0 atom stereocenters. The van der Waals surface area contributed by atoms with Crippen molar-refractivity contribution in [2.24, 2.45) is 5.73 Å². The van der Waals surface area contributed by atoms with Gasteiger partial charge >= 0.3 is 5.69 Å². The number of amides is 2. The number of nitrogens with zero attached hydrogens (tertiary/aromatic N) is 1. The van der Waals surface area contributed by atoms with Crippen LogP contribution in [0.1, 0.15) is 41.6 Å². The Morgan fingerprint density at radius 3 is 2.41 bits per heavy atom. The molecule has 37 heavy (non-hydrogen) atoms. The van der Waals surface area contributed by atoms with Crippen LogP contribution in [0.5, 0.6) is 5.75 Å². The summed E-state index contributed by atoms with van der Waals surface area (Å²) in [6.07, 6.45) is 1.40. The van der Waals surface area contributed by atoms with Gasteiger partial charge in [0.05, 0.1) is 46.2 Å². The summed E-state index contributed by atoms with van der Waals surface area (Å²) in [5, 5.41) is 27.5. The summed E-state index contributed by atoms with van der Waals surface area (Å²) in [4.78, 5) is 36.3. The quantitative estimate of drug-likeness (QED) is 0.300. The molecule has 3 aromatic rings. The van der Waals surface area contributed by atoms with Crippen LogP contribution in [-0.4, -0.2) is 35.1 Å². The van der Waals surface area contributed by atoms with Gasteiger partial charge in [-0.3, -0.25) is 19.7 Å². The van der Waals surface area contributed by atoms with Crippen LogP contribution in [0.4, 0.5) is 22.7 Å². The number of ether oxygens (including phenoxy) is 1. The molecular weight excluding hydrogens is 476 g/mol. The summed E-state index contributed by atoms with van der Waals surface area (Å²) in [7, 11) is 1.37. The second kappa shape index (κ2) is 9.21. The predicted octanol–water partition coefficient (Wildman–Crippen LogP) is 4.24. The highest BCUT2D eigenvalue weighted by Crippen LogP contribution is 2.43. The van der Waals surface area contributed by atoms with Crippen molar-refractivity contribution in [2.75, 3.05) is 17.7 Å². The molecule has 5 N–H and O–H groups in total. The number of carbonyl (C=O) groups is 2. The highest BCUT2D eigenvalue weighted by Gasteiger charge is 2.42. The Kier molecular flexibility index (Phi) is 6.04. The van der Waals surface area contributed by atoms with Crippen LogP contribution < -0.4 is 21.1 Å². The number of nitrogens with two attached hydrogens (primary N) is 1. The zero-order valence-electron chi connectivity index (χ0n) is 20.1. The fraction of sp³-hybridized carbons (Fsp3) is 0.259. The first kappa shape index (κ1) is 24.3. The molecule has 0 radical (unpaired) electrons. The lowest BCUT2D eigenvalue weighted by Crippen LogP contribution is -2.45. The largest absolute Gasteiger partial charge is 0.490 e. The average Bonchev–Trinajstić information content (AvgIpc) is 3.03. The number of aliphatic hydroxyl groups is 1. The van der Waals surface area contributed by atoms with Gasteiger partial charge in [-0.25, -0.2) is 0 Å². The number of nitro benzene ring substituents is 1. The average molecular weight is 503 g/mol. The molecular formula is C27H26N4O6. The first-order valence-corrected chi connectivity index (χ1v) is 11.9. The fourth-order valence-corrected chi connectivity index (χ4v) is 5.20. The van der Waals surface area contributed by atoms with Gasteiger partial charge in [0.1, 0.15) is 0 Å². The van der Waals surface area contributed by atoms with E-state index in [9.17, 15) is 24.8 Å². The van der Waals surface area contributed by atoms with E-state index in [1.54, 1.807) is 42.5 Å². The van der Waals surface area contributed by atoms with Crippen LogP contribution in [0.25, 0.3) is 11.1 Å². The molecule has 190 valence electrons. The monoisotopic (exact) mass is 502 g/mol. The number of primary amides is 1. The number of methoxy groups -OCH3 is 1. The van der Waals surface area contributed by atoms with Crippen molar-refractivity contribution >= 4 is 34.6 Å². The summed E-state index contributed by atoms with van der Waals surface area (Å²) >= 11 is 0. The van der Waals surface area contributed by atoms with E-state index < -0.39 is 22.3 Å². The van der Waals surface area contributed by atoms with Gasteiger partial charge in [-0.15, -0.1) is 0 Å². The Hall–Kier alpha value is -4.44. The van der Waals surface area contributed by atoms with Gasteiger partial charge < -0.3 is 26.2 Å². The molecule has 1 aliphatic heterocycles. The van der Waals surface area contributed by atoms with Crippen molar-refractivity contribution in [1.29, 1.82) is 0 Å². The maximum Gasteiger partial charge on any atom is 0.310 e. The third-order valence-electron chi connectivity index (χ3n) is 7.34. The van der Waals surface area contributed by atoms with Crippen LogP contribution in [0.15, 0.2) is 54.6 Å². The molecule has 10 nitrogen and oxygen atoms in total. The second-order valence-corrected chi connectivity index (χ2v) is 9.42. The van der Waals surface area contributed by atoms with Crippen molar-refractivity contribution in [1.82, 2.24) is 0 Å². The Morgan fingerprint density at radius 2 is 1.73 bits per heavy atom. The number of fused-ring (bicyclic) bond motifs is 2. The number of hydrogen-bond donors (Lipinski definition) is 4. The summed E-state index contributed by atoms with van der Waals surface area (Å²) in [5.41, 5.74) is 9.07. The zero-order chi connectivity index (χ0) is 26.3. The molecule has 1 heterocycles. The SMILES string of the molecule is COc1cc(-c2ccc3c(c2)Nc2cc([C@]4(C(N)=O)CC[C@@H](O)CC4)ccc2NC3=O)ccc1[N+](=O)[O-]. The lowest BCUT2D eigenvalue weighted by atomic mass is 9.68. The zero-order valence-corrected chi connectivity index (χ0v) is 20.1. The van der Waals surface area contributed by atoms with Crippen molar-refractivity contribution in [3.05, 3.63) is 75.8 Å². The molecule has 3 aromatic carbocycles. The van der Waals surface area contributed by atoms with Crippen LogP contribution in [0.3, 0.4) is 0 Å². The molecule has 1 saturated carbocycles. The number of anilines is 3. The van der Waals surface area contributed by atoms with Gasteiger partial charge in [0.25, 0.3) is 5.91 Å². The number of aliphatic hydroxyl groups excluding tert-OH is 1. The number of rotatable bonds is 5. The van der Waals surface area contributed by atoms with E-state index >= 15 is 0 Å². The molecule has 1 aliphatic carbocycles. The molecule has 0 spiro atoms. The van der Waals surface area contributed by atoms with Gasteiger partial charge in [-0.2, -0.15) is 0 Å². The number of nitrogens with one attached hydrogen (secondary N) is 2. The van der Waals surface area contributed by atoms with E-state index in [0.717, 1.165) is 11.1 Å². The maximum atomic E-state index is 13.0. The van der Waals surface area contributed by atoms with Crippen molar-refractivity contribution in [3.63, 3.8) is 0 Å². The van der Waals surface area contributed by atoms with Crippen LogP contribution in [0.2, 0.25) is 0 Å². The molecule has 2 amide bonds. The highest BCUT2D eigenvalue weighted by molar-refractivity contribution is 6.12. The Balaban J connectivity index is 1.55. The fourth-order valence-electron chi connectivity index (χ4n) is 5.20. The highest BCUT2D eigenvalue weighted by atomic mass is 16.6. The third kappa shape index (κ3) is 4.25. The number of carbonyl (C=O) groups excluding carboxylic acids is 2. The predicted molar refractivity (Wildman–Crippen MR) is 138 cm³/mol. The first-order chi connectivity index (χ1) is 17.7. The van der Waals surface area contributed by atoms with Crippen molar-refractivity contribution < 1.29 is 24.4 Å². The van der Waals surface area contributed by atoms with E-state index in [1.807, 2.05) is 6.07 Å².